The van der Waals surface area contributed by atoms with Crippen molar-refractivity contribution in [1.29, 1.82) is 0 Å². The highest BCUT2D eigenvalue weighted by Gasteiger charge is 2.28. The quantitative estimate of drug-likeness (QED) is 0.686. The van der Waals surface area contributed by atoms with Gasteiger partial charge in [-0.1, -0.05) is 0 Å². The van der Waals surface area contributed by atoms with E-state index in [0.717, 1.165) is 42.7 Å². The summed E-state index contributed by atoms with van der Waals surface area (Å²) in [7, 11) is 0. The number of carbonyl (C=O) groups is 2. The first-order valence-corrected chi connectivity index (χ1v) is 8.39. The summed E-state index contributed by atoms with van der Waals surface area (Å²) in [4.78, 5) is 19.1. The summed E-state index contributed by atoms with van der Waals surface area (Å²) in [6.07, 6.45) is 2.70. The molecule has 1 aromatic carbocycles. The molecule has 7 nitrogen and oxygen atoms in total. The topological polar surface area (TPSA) is 101 Å². The number of aliphatic carboxylic acids is 2. The first kappa shape index (κ1) is 18.8. The second kappa shape index (κ2) is 7.75. The highest BCUT2D eigenvalue weighted by molar-refractivity contribution is 5.92. The fourth-order valence-electron chi connectivity index (χ4n) is 3.43. The van der Waals surface area contributed by atoms with E-state index in [0.29, 0.717) is 36.4 Å². The highest BCUT2D eigenvalue weighted by Crippen LogP contribution is 2.39. The van der Waals surface area contributed by atoms with Crippen LogP contribution in [0, 0.1) is 11.6 Å². The molecule has 0 aliphatic carbocycles. The number of carboxylic acids is 2. The van der Waals surface area contributed by atoms with Crippen LogP contribution in [-0.4, -0.2) is 46.4 Å². The summed E-state index contributed by atoms with van der Waals surface area (Å²) in [6.45, 7) is 2.91. The molecule has 2 aliphatic rings. The molecule has 27 heavy (non-hydrogen) atoms. The van der Waals surface area contributed by atoms with Crippen LogP contribution in [0.5, 0.6) is 5.75 Å². The van der Waals surface area contributed by atoms with Gasteiger partial charge in [-0.05, 0) is 18.5 Å². The first-order chi connectivity index (χ1) is 12.9. The Kier molecular flexibility index (Phi) is 5.41. The van der Waals surface area contributed by atoms with Gasteiger partial charge in [0.1, 0.15) is 12.4 Å². The zero-order chi connectivity index (χ0) is 19.6. The molecule has 0 saturated heterocycles. The molecular weight excluding hydrogens is 362 g/mol. The number of rotatable bonds is 2. The third-order valence-corrected chi connectivity index (χ3v) is 4.43. The molecule has 3 N–H and O–H groups in total. The molecule has 0 atom stereocenters. The highest BCUT2D eigenvalue weighted by atomic mass is 19.2. The fraction of sp³-hybridized carbons (Fsp3) is 0.333. The zero-order valence-corrected chi connectivity index (χ0v) is 14.3. The monoisotopic (exact) mass is 380 g/mol. The van der Waals surface area contributed by atoms with E-state index in [2.05, 4.69) is 9.88 Å². The standard InChI is InChI=1S/C14H14F2N2O.C4H4O4/c15-9-7-11-14-12(13(9)16)8-1-3-17-4-2-10(8)18(14)5-6-19-11;5-3(6)1-2-4(7)8/h7,17H,1-6H2;1-2H,(H,5,6)(H,7,8). The second-order valence-corrected chi connectivity index (χ2v) is 6.08. The van der Waals surface area contributed by atoms with Crippen LogP contribution in [0.15, 0.2) is 18.2 Å². The molecule has 2 aromatic rings. The number of halogens is 2. The van der Waals surface area contributed by atoms with Crippen molar-refractivity contribution in [1.82, 2.24) is 9.88 Å². The van der Waals surface area contributed by atoms with Gasteiger partial charge in [0.25, 0.3) is 0 Å². The number of nitrogens with one attached hydrogen (secondary N) is 1. The normalized spacial score (nSPS) is 15.5. The van der Waals surface area contributed by atoms with Gasteiger partial charge in [-0.25, -0.2) is 18.4 Å². The molecule has 0 saturated carbocycles. The Bertz CT molecular complexity index is 920. The average molecular weight is 380 g/mol. The van der Waals surface area contributed by atoms with Gasteiger partial charge in [0, 0.05) is 42.3 Å². The average Bonchev–Trinajstić information content (AvgIpc) is 2.78. The van der Waals surface area contributed by atoms with Gasteiger partial charge >= 0.3 is 11.9 Å². The smallest absolute Gasteiger partial charge is 0.328 e. The molecule has 0 spiro atoms. The van der Waals surface area contributed by atoms with Crippen LogP contribution in [0.4, 0.5) is 8.78 Å². The Morgan fingerprint density at radius 2 is 1.81 bits per heavy atom. The minimum atomic E-state index is -1.26. The van der Waals surface area contributed by atoms with Crippen molar-refractivity contribution in [3.8, 4) is 5.75 Å². The van der Waals surface area contributed by atoms with Crippen molar-refractivity contribution in [3.63, 3.8) is 0 Å². The van der Waals surface area contributed by atoms with Gasteiger partial charge in [-0.3, -0.25) is 0 Å². The number of hydrogen-bond donors (Lipinski definition) is 3. The molecule has 0 unspecified atom stereocenters. The van der Waals surface area contributed by atoms with Crippen LogP contribution in [0.1, 0.15) is 11.3 Å². The summed E-state index contributed by atoms with van der Waals surface area (Å²) < 4.78 is 35.5. The molecule has 3 heterocycles. The van der Waals surface area contributed by atoms with E-state index in [4.69, 9.17) is 14.9 Å². The van der Waals surface area contributed by atoms with Crippen molar-refractivity contribution in [3.05, 3.63) is 41.1 Å². The molecule has 0 bridgehead atoms. The Morgan fingerprint density at radius 1 is 1.15 bits per heavy atom. The van der Waals surface area contributed by atoms with E-state index in [1.807, 2.05) is 0 Å². The summed E-state index contributed by atoms with van der Waals surface area (Å²) in [5.74, 6) is -3.59. The van der Waals surface area contributed by atoms with E-state index < -0.39 is 23.6 Å². The van der Waals surface area contributed by atoms with Crippen molar-refractivity contribution >= 4 is 22.8 Å². The maximum atomic E-state index is 14.2. The maximum Gasteiger partial charge on any atom is 0.328 e. The third-order valence-electron chi connectivity index (χ3n) is 4.43. The molecule has 0 radical (unpaired) electrons. The SMILES string of the molecule is Fc1cc2c3c(c1F)c1c(n3CCO2)CCNCC1.O=C(O)C=CC(=O)O. The Balaban J connectivity index is 0.000000226. The van der Waals surface area contributed by atoms with Crippen LogP contribution in [0.3, 0.4) is 0 Å². The van der Waals surface area contributed by atoms with E-state index in [1.54, 1.807) is 0 Å². The minimum Gasteiger partial charge on any atom is -0.489 e. The summed E-state index contributed by atoms with van der Waals surface area (Å²) in [6, 6.07) is 1.17. The Hall–Kier alpha value is -2.94. The van der Waals surface area contributed by atoms with Crippen molar-refractivity contribution < 1.29 is 33.3 Å². The third kappa shape index (κ3) is 3.77. The Morgan fingerprint density at radius 3 is 2.48 bits per heavy atom. The lowest BCUT2D eigenvalue weighted by atomic mass is 10.1. The number of aromatic nitrogens is 1. The second-order valence-electron chi connectivity index (χ2n) is 6.08. The molecule has 1 aromatic heterocycles. The molecule has 9 heteroatoms. The molecule has 0 fully saturated rings. The molecular formula is C18H18F2N2O5. The zero-order valence-electron chi connectivity index (χ0n) is 14.3. The van der Waals surface area contributed by atoms with Gasteiger partial charge < -0.3 is 24.8 Å². The predicted molar refractivity (Wildman–Crippen MR) is 92.0 cm³/mol. The van der Waals surface area contributed by atoms with Gasteiger partial charge in [0.2, 0.25) is 0 Å². The molecule has 2 aliphatic heterocycles. The van der Waals surface area contributed by atoms with Gasteiger partial charge in [-0.2, -0.15) is 0 Å². The van der Waals surface area contributed by atoms with Crippen LogP contribution < -0.4 is 10.1 Å². The van der Waals surface area contributed by atoms with Crippen LogP contribution in [0.2, 0.25) is 0 Å². The number of fused-ring (bicyclic) bond motifs is 3. The van der Waals surface area contributed by atoms with Gasteiger partial charge in [0.05, 0.1) is 12.1 Å². The van der Waals surface area contributed by atoms with Crippen molar-refractivity contribution in [2.75, 3.05) is 19.7 Å². The molecule has 144 valence electrons. The summed E-state index contributed by atoms with van der Waals surface area (Å²) in [5, 5.41) is 19.4. The van der Waals surface area contributed by atoms with Crippen LogP contribution in [0.25, 0.3) is 10.9 Å². The van der Waals surface area contributed by atoms with Crippen molar-refractivity contribution in [2.45, 2.75) is 19.4 Å². The minimum absolute atomic E-state index is 0.424. The largest absolute Gasteiger partial charge is 0.489 e. The van der Waals surface area contributed by atoms with Crippen LogP contribution in [-0.2, 0) is 29.0 Å². The van der Waals surface area contributed by atoms with Crippen molar-refractivity contribution in [2.24, 2.45) is 0 Å². The van der Waals surface area contributed by atoms with Gasteiger partial charge in [0.15, 0.2) is 11.6 Å². The number of nitrogens with zero attached hydrogens (tertiary/aromatic N) is 1. The number of hydrogen-bond acceptors (Lipinski definition) is 4. The number of carboxylic acid groups (broad SMARTS) is 2. The Labute approximate surface area is 152 Å². The number of benzene rings is 1. The predicted octanol–water partition coefficient (Wildman–Crippen LogP) is 1.71. The van der Waals surface area contributed by atoms with E-state index in [1.165, 1.54) is 6.07 Å². The summed E-state index contributed by atoms with van der Waals surface area (Å²) >= 11 is 0. The lowest BCUT2D eigenvalue weighted by Gasteiger charge is -2.19. The van der Waals surface area contributed by atoms with E-state index in [-0.39, 0.29) is 0 Å². The van der Waals surface area contributed by atoms with Gasteiger partial charge in [-0.15, -0.1) is 0 Å². The maximum absolute atomic E-state index is 14.2. The molecule has 4 rings (SSSR count). The lowest BCUT2D eigenvalue weighted by Crippen LogP contribution is -2.19. The molecule has 0 amide bonds. The first-order valence-electron chi connectivity index (χ1n) is 8.39. The summed E-state index contributed by atoms with van der Waals surface area (Å²) in [5.41, 5.74) is 2.81. The fourth-order valence-corrected chi connectivity index (χ4v) is 3.43. The van der Waals surface area contributed by atoms with Crippen LogP contribution >= 0.6 is 0 Å². The number of ether oxygens (including phenoxy) is 1. The van der Waals surface area contributed by atoms with E-state index >= 15 is 0 Å². The van der Waals surface area contributed by atoms with E-state index in [9.17, 15) is 18.4 Å². The lowest BCUT2D eigenvalue weighted by molar-refractivity contribution is -0.134.